The summed E-state index contributed by atoms with van der Waals surface area (Å²) in [4.78, 5) is 14.2. The molecule has 1 aliphatic heterocycles. The average Bonchev–Trinajstić information content (AvgIpc) is 2.98. The number of carbonyl (C=O) groups excluding carboxylic acids is 1. The molecule has 142 valence electrons. The zero-order valence-corrected chi connectivity index (χ0v) is 16.5. The fourth-order valence-electron chi connectivity index (χ4n) is 3.29. The predicted octanol–water partition coefficient (Wildman–Crippen LogP) is 2.87. The summed E-state index contributed by atoms with van der Waals surface area (Å²) in [7, 11) is 0. The van der Waals surface area contributed by atoms with Crippen molar-refractivity contribution in [1.29, 1.82) is 0 Å². The van der Waals surface area contributed by atoms with Gasteiger partial charge in [-0.2, -0.15) is 4.52 Å². The van der Waals surface area contributed by atoms with Crippen molar-refractivity contribution in [1.82, 2.24) is 24.7 Å². The lowest BCUT2D eigenvalue weighted by atomic mass is 9.96. The number of hydrogen-bond acceptors (Lipinski definition) is 5. The smallest absolute Gasteiger partial charge is 0.222 e. The lowest BCUT2D eigenvalue weighted by Gasteiger charge is -2.33. The first-order chi connectivity index (χ1) is 12.2. The van der Waals surface area contributed by atoms with Crippen molar-refractivity contribution < 1.29 is 4.79 Å². The Bertz CT molecular complexity index is 768. The van der Waals surface area contributed by atoms with Crippen LogP contribution in [0.3, 0.4) is 0 Å². The molecule has 0 saturated carbocycles. The molecule has 3 heterocycles. The number of aromatic nitrogens is 4. The van der Waals surface area contributed by atoms with Gasteiger partial charge < -0.3 is 10.2 Å². The largest absolute Gasteiger partial charge is 0.366 e. The monoisotopic (exact) mass is 358 g/mol. The Kier molecular flexibility index (Phi) is 5.16. The maximum Gasteiger partial charge on any atom is 0.222 e. The van der Waals surface area contributed by atoms with E-state index in [1.807, 2.05) is 21.5 Å². The Morgan fingerprint density at radius 3 is 2.54 bits per heavy atom. The van der Waals surface area contributed by atoms with Crippen molar-refractivity contribution in [3.8, 4) is 0 Å². The van der Waals surface area contributed by atoms with Gasteiger partial charge >= 0.3 is 0 Å². The Morgan fingerprint density at radius 2 is 1.92 bits per heavy atom. The van der Waals surface area contributed by atoms with Crippen LogP contribution in [-0.2, 0) is 10.2 Å². The molecule has 3 rings (SSSR count). The van der Waals surface area contributed by atoms with Crippen LogP contribution in [0.1, 0.15) is 59.7 Å². The summed E-state index contributed by atoms with van der Waals surface area (Å²) < 4.78 is 1.82. The number of likely N-dealkylation sites (tertiary alicyclic amines) is 1. The van der Waals surface area contributed by atoms with Crippen molar-refractivity contribution in [3.63, 3.8) is 0 Å². The lowest BCUT2D eigenvalue weighted by Crippen LogP contribution is -2.42. The summed E-state index contributed by atoms with van der Waals surface area (Å²) in [6.07, 6.45) is 2.52. The molecule has 1 saturated heterocycles. The van der Waals surface area contributed by atoms with E-state index in [4.69, 9.17) is 0 Å². The van der Waals surface area contributed by atoms with Crippen LogP contribution in [-0.4, -0.2) is 49.7 Å². The SMILES string of the molecule is CC(C)CC(=O)N1CCC(Nc2ccc3nnc(C(C)(C)C)n3n2)CC1. The molecule has 0 aliphatic carbocycles. The van der Waals surface area contributed by atoms with E-state index in [0.717, 1.165) is 43.2 Å². The Morgan fingerprint density at radius 1 is 1.23 bits per heavy atom. The molecule has 0 unspecified atom stereocenters. The molecule has 0 aromatic carbocycles. The standard InChI is InChI=1S/C19H30N6O/c1-13(2)12-17(26)24-10-8-14(9-11-24)20-15-6-7-16-21-22-18(19(3,4)5)25(16)23-15/h6-7,13-14H,8-12H2,1-5H3,(H,20,23). The zero-order valence-electron chi connectivity index (χ0n) is 16.5. The number of fused-ring (bicyclic) bond motifs is 1. The molecule has 0 radical (unpaired) electrons. The van der Waals surface area contributed by atoms with E-state index < -0.39 is 0 Å². The van der Waals surface area contributed by atoms with Gasteiger partial charge in [-0.1, -0.05) is 34.6 Å². The van der Waals surface area contributed by atoms with Gasteiger partial charge in [0, 0.05) is 31.0 Å². The van der Waals surface area contributed by atoms with Gasteiger partial charge in [0.1, 0.15) is 5.82 Å². The van der Waals surface area contributed by atoms with E-state index >= 15 is 0 Å². The number of nitrogens with zero attached hydrogens (tertiary/aromatic N) is 5. The summed E-state index contributed by atoms with van der Waals surface area (Å²) >= 11 is 0. The molecule has 1 fully saturated rings. The first kappa shape index (κ1) is 18.6. The molecular weight excluding hydrogens is 328 g/mol. The molecule has 1 N–H and O–H groups in total. The number of amides is 1. The molecule has 1 aliphatic rings. The molecule has 2 aromatic rings. The summed E-state index contributed by atoms with van der Waals surface area (Å²) in [5, 5.41) is 16.7. The highest BCUT2D eigenvalue weighted by molar-refractivity contribution is 5.76. The summed E-state index contributed by atoms with van der Waals surface area (Å²) in [5.74, 6) is 2.37. The minimum atomic E-state index is -0.118. The molecule has 0 bridgehead atoms. The number of rotatable bonds is 4. The lowest BCUT2D eigenvalue weighted by molar-refractivity contribution is -0.132. The van der Waals surface area contributed by atoms with Gasteiger partial charge in [0.2, 0.25) is 5.91 Å². The van der Waals surface area contributed by atoms with Crippen LogP contribution in [0.5, 0.6) is 0 Å². The molecular formula is C19H30N6O. The van der Waals surface area contributed by atoms with Gasteiger partial charge in [0.15, 0.2) is 11.5 Å². The van der Waals surface area contributed by atoms with Crippen LogP contribution in [0.25, 0.3) is 5.65 Å². The number of carbonyl (C=O) groups is 1. The third-order valence-corrected chi connectivity index (χ3v) is 4.72. The topological polar surface area (TPSA) is 75.4 Å². The number of nitrogens with one attached hydrogen (secondary N) is 1. The Balaban J connectivity index is 1.64. The van der Waals surface area contributed by atoms with E-state index in [0.29, 0.717) is 18.4 Å². The summed E-state index contributed by atoms with van der Waals surface area (Å²) in [5.41, 5.74) is 0.641. The van der Waals surface area contributed by atoms with E-state index in [2.05, 4.69) is 55.2 Å². The second-order valence-electron chi connectivity index (χ2n) is 8.66. The predicted molar refractivity (Wildman–Crippen MR) is 102 cm³/mol. The normalized spacial score (nSPS) is 16.5. The quantitative estimate of drug-likeness (QED) is 0.909. The molecule has 7 heteroatoms. The first-order valence-electron chi connectivity index (χ1n) is 9.51. The van der Waals surface area contributed by atoms with Crippen molar-refractivity contribution in [2.24, 2.45) is 5.92 Å². The number of hydrogen-bond donors (Lipinski definition) is 1. The van der Waals surface area contributed by atoms with Crippen molar-refractivity contribution in [3.05, 3.63) is 18.0 Å². The van der Waals surface area contributed by atoms with Gasteiger partial charge in [-0.15, -0.1) is 15.3 Å². The molecule has 1 amide bonds. The molecule has 0 spiro atoms. The van der Waals surface area contributed by atoms with E-state index in [1.54, 1.807) is 0 Å². The number of piperidine rings is 1. The van der Waals surface area contributed by atoms with Gasteiger partial charge in [-0.25, -0.2) is 0 Å². The molecule has 2 aromatic heterocycles. The third-order valence-electron chi connectivity index (χ3n) is 4.72. The Hall–Kier alpha value is -2.18. The van der Waals surface area contributed by atoms with Crippen LogP contribution < -0.4 is 5.32 Å². The zero-order chi connectivity index (χ0) is 18.9. The van der Waals surface area contributed by atoms with Crippen molar-refractivity contribution in [2.45, 2.75) is 65.3 Å². The van der Waals surface area contributed by atoms with Crippen LogP contribution in [0.2, 0.25) is 0 Å². The van der Waals surface area contributed by atoms with Crippen LogP contribution in [0.15, 0.2) is 12.1 Å². The average molecular weight is 358 g/mol. The van der Waals surface area contributed by atoms with Crippen molar-refractivity contribution >= 4 is 17.4 Å². The van der Waals surface area contributed by atoms with Gasteiger partial charge in [-0.05, 0) is 30.9 Å². The highest BCUT2D eigenvalue weighted by atomic mass is 16.2. The Labute approximate surface area is 155 Å². The molecule has 0 atom stereocenters. The van der Waals surface area contributed by atoms with Crippen molar-refractivity contribution in [2.75, 3.05) is 18.4 Å². The fourth-order valence-corrected chi connectivity index (χ4v) is 3.29. The second kappa shape index (κ2) is 7.21. The summed E-state index contributed by atoms with van der Waals surface area (Å²) in [6.45, 7) is 12.1. The highest BCUT2D eigenvalue weighted by Gasteiger charge is 2.24. The maximum absolute atomic E-state index is 12.2. The maximum atomic E-state index is 12.2. The third kappa shape index (κ3) is 4.14. The van der Waals surface area contributed by atoms with Crippen LogP contribution in [0, 0.1) is 5.92 Å². The minimum Gasteiger partial charge on any atom is -0.366 e. The fraction of sp³-hybridized carbons (Fsp3) is 0.684. The van der Waals surface area contributed by atoms with E-state index in [1.165, 1.54) is 0 Å². The minimum absolute atomic E-state index is 0.118. The van der Waals surface area contributed by atoms with Gasteiger partial charge in [-0.3, -0.25) is 4.79 Å². The van der Waals surface area contributed by atoms with E-state index in [9.17, 15) is 4.79 Å². The number of anilines is 1. The highest BCUT2D eigenvalue weighted by Crippen LogP contribution is 2.22. The molecule has 7 nitrogen and oxygen atoms in total. The summed E-state index contributed by atoms with van der Waals surface area (Å²) in [6, 6.07) is 4.23. The molecule has 26 heavy (non-hydrogen) atoms. The second-order valence-corrected chi connectivity index (χ2v) is 8.66. The van der Waals surface area contributed by atoms with Crippen LogP contribution in [0.4, 0.5) is 5.82 Å². The van der Waals surface area contributed by atoms with E-state index in [-0.39, 0.29) is 11.3 Å². The van der Waals surface area contributed by atoms with Crippen LogP contribution >= 0.6 is 0 Å². The first-order valence-corrected chi connectivity index (χ1v) is 9.51. The van der Waals surface area contributed by atoms with Gasteiger partial charge in [0.05, 0.1) is 0 Å². The van der Waals surface area contributed by atoms with Gasteiger partial charge in [0.25, 0.3) is 0 Å².